The van der Waals surface area contributed by atoms with Crippen LogP contribution < -0.4 is 9.47 Å². The van der Waals surface area contributed by atoms with Crippen LogP contribution in [0.5, 0.6) is 11.6 Å². The minimum Gasteiger partial charge on any atom is -0.497 e. The van der Waals surface area contributed by atoms with Gasteiger partial charge in [0.2, 0.25) is 0 Å². The molecular weight excluding hydrogens is 264 g/mol. The van der Waals surface area contributed by atoms with Crippen molar-refractivity contribution in [2.75, 3.05) is 13.7 Å². The molecular formula is C13H14N2O5. The molecule has 0 saturated heterocycles. The van der Waals surface area contributed by atoms with Crippen LogP contribution in [-0.4, -0.2) is 30.0 Å². The van der Waals surface area contributed by atoms with Gasteiger partial charge in [0.25, 0.3) is 11.6 Å². The van der Waals surface area contributed by atoms with Crippen LogP contribution in [0.4, 0.5) is 0 Å². The fraction of sp³-hybridized carbons (Fsp3) is 0.308. The van der Waals surface area contributed by atoms with Gasteiger partial charge in [0.1, 0.15) is 12.4 Å². The third-order valence-corrected chi connectivity index (χ3v) is 2.46. The minimum absolute atomic E-state index is 0.0132. The Morgan fingerprint density at radius 2 is 2.00 bits per heavy atom. The van der Waals surface area contributed by atoms with E-state index in [1.54, 1.807) is 14.0 Å². The number of nitrogens with zero attached hydrogens (tertiary/aromatic N) is 2. The average Bonchev–Trinajstić information content (AvgIpc) is 2.94. The van der Waals surface area contributed by atoms with Crippen molar-refractivity contribution in [1.82, 2.24) is 10.3 Å². The summed E-state index contributed by atoms with van der Waals surface area (Å²) < 4.78 is 19.8. The largest absolute Gasteiger partial charge is 0.497 e. The minimum atomic E-state index is -0.626. The summed E-state index contributed by atoms with van der Waals surface area (Å²) in [5.41, 5.74) is 0.823. The van der Waals surface area contributed by atoms with Gasteiger partial charge >= 0.3 is 5.97 Å². The Bertz CT molecular complexity index is 564. The number of methoxy groups -OCH3 is 1. The summed E-state index contributed by atoms with van der Waals surface area (Å²) in [7, 11) is 1.60. The summed E-state index contributed by atoms with van der Waals surface area (Å²) in [5.74, 6) is 0.141. The standard InChI is InChI=1S/C13H14N2O5/c1-3-18-13(16)11-12(15-20-14-11)19-8-9-4-6-10(17-2)7-5-9/h4-7H,3,8H2,1-2H3. The third kappa shape index (κ3) is 3.25. The molecule has 0 spiro atoms. The normalized spacial score (nSPS) is 10.1. The lowest BCUT2D eigenvalue weighted by atomic mass is 10.2. The number of ether oxygens (including phenoxy) is 3. The highest BCUT2D eigenvalue weighted by molar-refractivity contribution is 5.89. The molecule has 2 rings (SSSR count). The average molecular weight is 278 g/mol. The van der Waals surface area contributed by atoms with Crippen molar-refractivity contribution in [1.29, 1.82) is 0 Å². The van der Waals surface area contributed by atoms with Crippen LogP contribution in [0.15, 0.2) is 28.9 Å². The lowest BCUT2D eigenvalue weighted by Gasteiger charge is -2.05. The second-order valence-electron chi connectivity index (χ2n) is 3.78. The van der Waals surface area contributed by atoms with E-state index in [0.29, 0.717) is 0 Å². The van der Waals surface area contributed by atoms with Gasteiger partial charge < -0.3 is 14.2 Å². The van der Waals surface area contributed by atoms with Crippen molar-refractivity contribution in [3.8, 4) is 11.6 Å². The van der Waals surface area contributed by atoms with Crippen LogP contribution in [0.3, 0.4) is 0 Å². The Kier molecular flexibility index (Phi) is 4.54. The molecule has 0 aliphatic rings. The first-order valence-corrected chi connectivity index (χ1v) is 6.00. The maximum Gasteiger partial charge on any atom is 0.366 e. The molecule has 1 aromatic carbocycles. The number of rotatable bonds is 6. The van der Waals surface area contributed by atoms with Gasteiger partial charge in [-0.15, -0.1) is 0 Å². The van der Waals surface area contributed by atoms with Crippen molar-refractivity contribution in [2.24, 2.45) is 0 Å². The zero-order valence-electron chi connectivity index (χ0n) is 11.2. The molecule has 0 N–H and O–H groups in total. The summed E-state index contributed by atoms with van der Waals surface area (Å²) in [6.45, 7) is 2.16. The maximum atomic E-state index is 11.5. The molecule has 0 amide bonds. The van der Waals surface area contributed by atoms with Crippen molar-refractivity contribution >= 4 is 5.97 Å². The Balaban J connectivity index is 2.00. The first-order valence-electron chi connectivity index (χ1n) is 6.00. The van der Waals surface area contributed by atoms with E-state index in [4.69, 9.17) is 14.2 Å². The van der Waals surface area contributed by atoms with E-state index in [1.807, 2.05) is 24.3 Å². The Morgan fingerprint density at radius 1 is 1.25 bits per heavy atom. The summed E-state index contributed by atoms with van der Waals surface area (Å²) in [5, 5.41) is 7.00. The second-order valence-corrected chi connectivity index (χ2v) is 3.78. The third-order valence-electron chi connectivity index (χ3n) is 2.46. The van der Waals surface area contributed by atoms with E-state index in [9.17, 15) is 4.79 Å². The van der Waals surface area contributed by atoms with Crippen LogP contribution >= 0.6 is 0 Å². The Labute approximate surface area is 115 Å². The van der Waals surface area contributed by atoms with Crippen molar-refractivity contribution in [3.63, 3.8) is 0 Å². The zero-order valence-corrected chi connectivity index (χ0v) is 11.2. The molecule has 0 radical (unpaired) electrons. The smallest absolute Gasteiger partial charge is 0.366 e. The molecule has 2 aromatic rings. The highest BCUT2D eigenvalue weighted by Gasteiger charge is 2.21. The molecule has 0 fully saturated rings. The maximum absolute atomic E-state index is 11.5. The van der Waals surface area contributed by atoms with E-state index in [2.05, 4.69) is 14.9 Å². The molecule has 0 aliphatic heterocycles. The summed E-state index contributed by atoms with van der Waals surface area (Å²) in [4.78, 5) is 11.5. The van der Waals surface area contributed by atoms with Gasteiger partial charge in [-0.05, 0) is 34.9 Å². The van der Waals surface area contributed by atoms with Crippen LogP contribution in [0, 0.1) is 0 Å². The predicted octanol–water partition coefficient (Wildman–Crippen LogP) is 1.83. The molecule has 7 nitrogen and oxygen atoms in total. The fourth-order valence-corrected chi connectivity index (χ4v) is 1.47. The molecule has 106 valence electrons. The van der Waals surface area contributed by atoms with Crippen LogP contribution in [-0.2, 0) is 11.3 Å². The van der Waals surface area contributed by atoms with Gasteiger partial charge in [-0.25, -0.2) is 9.42 Å². The van der Waals surface area contributed by atoms with Gasteiger partial charge in [0.15, 0.2) is 0 Å². The lowest BCUT2D eigenvalue weighted by Crippen LogP contribution is -2.08. The molecule has 0 atom stereocenters. The summed E-state index contributed by atoms with van der Waals surface area (Å²) in [6.07, 6.45) is 0. The molecule has 0 unspecified atom stereocenters. The Morgan fingerprint density at radius 3 is 2.65 bits per heavy atom. The van der Waals surface area contributed by atoms with Gasteiger partial charge in [-0.2, -0.15) is 0 Å². The van der Waals surface area contributed by atoms with E-state index in [-0.39, 0.29) is 24.8 Å². The van der Waals surface area contributed by atoms with Crippen LogP contribution in [0.25, 0.3) is 0 Å². The van der Waals surface area contributed by atoms with Crippen LogP contribution in [0.1, 0.15) is 23.0 Å². The van der Waals surface area contributed by atoms with E-state index >= 15 is 0 Å². The fourth-order valence-electron chi connectivity index (χ4n) is 1.47. The number of benzene rings is 1. The predicted molar refractivity (Wildman–Crippen MR) is 67.6 cm³/mol. The van der Waals surface area contributed by atoms with Gasteiger partial charge in [-0.1, -0.05) is 12.1 Å². The quantitative estimate of drug-likeness (QED) is 0.745. The van der Waals surface area contributed by atoms with Gasteiger partial charge in [-0.3, -0.25) is 0 Å². The second kappa shape index (κ2) is 6.55. The van der Waals surface area contributed by atoms with Gasteiger partial charge in [0.05, 0.1) is 13.7 Å². The summed E-state index contributed by atoms with van der Waals surface area (Å²) >= 11 is 0. The number of carbonyl (C=O) groups excluding carboxylic acids is 1. The molecule has 0 bridgehead atoms. The first kappa shape index (κ1) is 13.9. The zero-order chi connectivity index (χ0) is 14.4. The molecule has 1 aromatic heterocycles. The highest BCUT2D eigenvalue weighted by Crippen LogP contribution is 2.17. The molecule has 1 heterocycles. The number of esters is 1. The highest BCUT2D eigenvalue weighted by atomic mass is 16.6. The molecule has 20 heavy (non-hydrogen) atoms. The van der Waals surface area contributed by atoms with Crippen LogP contribution in [0.2, 0.25) is 0 Å². The monoisotopic (exact) mass is 278 g/mol. The first-order chi connectivity index (χ1) is 9.74. The number of carbonyl (C=O) groups is 1. The van der Waals surface area contributed by atoms with E-state index in [1.165, 1.54) is 0 Å². The van der Waals surface area contributed by atoms with Crippen molar-refractivity contribution in [2.45, 2.75) is 13.5 Å². The molecule has 0 saturated carbocycles. The SMILES string of the molecule is CCOC(=O)c1nonc1OCc1ccc(OC)cc1. The molecule has 0 aliphatic carbocycles. The van der Waals surface area contributed by atoms with Crippen molar-refractivity contribution in [3.05, 3.63) is 35.5 Å². The lowest BCUT2D eigenvalue weighted by molar-refractivity contribution is 0.0510. The molecule has 7 heteroatoms. The Hall–Kier alpha value is -2.57. The number of hydrogen-bond acceptors (Lipinski definition) is 7. The number of aromatic nitrogens is 2. The van der Waals surface area contributed by atoms with E-state index in [0.717, 1.165) is 11.3 Å². The number of hydrogen-bond donors (Lipinski definition) is 0. The van der Waals surface area contributed by atoms with Gasteiger partial charge in [0, 0.05) is 0 Å². The van der Waals surface area contributed by atoms with Crippen molar-refractivity contribution < 1.29 is 23.6 Å². The summed E-state index contributed by atoms with van der Waals surface area (Å²) in [6, 6.07) is 7.31. The van der Waals surface area contributed by atoms with E-state index < -0.39 is 5.97 Å². The topological polar surface area (TPSA) is 83.7 Å².